The second kappa shape index (κ2) is 9.17. The van der Waals surface area contributed by atoms with E-state index < -0.39 is 11.9 Å². The largest absolute Gasteiger partial charge is 0.491 e. The van der Waals surface area contributed by atoms with Crippen molar-refractivity contribution in [2.45, 2.75) is 12.2 Å². The van der Waals surface area contributed by atoms with Gasteiger partial charge in [-0.3, -0.25) is 0 Å². The van der Waals surface area contributed by atoms with Gasteiger partial charge in [0.25, 0.3) is 0 Å². The molecule has 34 heavy (non-hydrogen) atoms. The first-order valence-corrected chi connectivity index (χ1v) is 10.8. The first-order chi connectivity index (χ1) is 16.5. The first kappa shape index (κ1) is 21.9. The lowest BCUT2D eigenvalue weighted by Gasteiger charge is -2.13. The summed E-state index contributed by atoms with van der Waals surface area (Å²) in [4.78, 5) is 23.6. The van der Waals surface area contributed by atoms with Gasteiger partial charge in [-0.1, -0.05) is 24.3 Å². The molecular formula is C26H22O8. The Labute approximate surface area is 195 Å². The van der Waals surface area contributed by atoms with Gasteiger partial charge in [0, 0.05) is 0 Å². The maximum absolute atomic E-state index is 11.8. The molecule has 174 valence electrons. The van der Waals surface area contributed by atoms with Crippen LogP contribution in [0.4, 0.5) is 0 Å². The lowest BCUT2D eigenvalue weighted by atomic mass is 9.94. The third kappa shape index (κ3) is 5.03. The zero-order chi connectivity index (χ0) is 23.7. The molecule has 2 aliphatic heterocycles. The van der Waals surface area contributed by atoms with E-state index in [1.54, 1.807) is 48.5 Å². The van der Waals surface area contributed by atoms with Crippen molar-refractivity contribution < 1.29 is 38.7 Å². The highest BCUT2D eigenvalue weighted by Crippen LogP contribution is 2.33. The van der Waals surface area contributed by atoms with Crippen molar-refractivity contribution in [3.63, 3.8) is 0 Å². The fourth-order valence-corrected chi connectivity index (χ4v) is 3.61. The Morgan fingerprint density at radius 2 is 1.09 bits per heavy atom. The number of ether oxygens (including phenoxy) is 4. The van der Waals surface area contributed by atoms with Crippen LogP contribution in [0.1, 0.15) is 20.7 Å². The molecule has 2 unspecified atom stereocenters. The van der Waals surface area contributed by atoms with Crippen LogP contribution in [0.25, 0.3) is 22.3 Å². The molecule has 0 aliphatic carbocycles. The average molecular weight is 462 g/mol. The standard InChI is InChI=1S/C26H22O8/c27-25(28)21-7-5-17(31-11-19-13-33-19)9-23(21)15-1-2-16(4-3-15)24-10-18(32-12-20-14-34-20)6-8-22(24)26(29)30/h1-10,19-20H,11-14H2,(H,27,28)(H,29,30). The van der Waals surface area contributed by atoms with Crippen LogP contribution in [0, 0.1) is 0 Å². The van der Waals surface area contributed by atoms with Gasteiger partial charge in [-0.05, 0) is 58.7 Å². The SMILES string of the molecule is O=C(O)c1ccc(OCC2CO2)cc1-c1ccc(-c2cc(OCC3CO3)ccc2C(=O)O)cc1. The number of epoxide rings is 2. The van der Waals surface area contributed by atoms with Crippen LogP contribution in [0.5, 0.6) is 11.5 Å². The number of benzene rings is 3. The summed E-state index contributed by atoms with van der Waals surface area (Å²) in [5, 5.41) is 19.3. The highest BCUT2D eigenvalue weighted by atomic mass is 16.6. The van der Waals surface area contributed by atoms with Gasteiger partial charge in [-0.2, -0.15) is 0 Å². The maximum atomic E-state index is 11.8. The molecular weight excluding hydrogens is 440 g/mol. The zero-order valence-electron chi connectivity index (χ0n) is 18.1. The van der Waals surface area contributed by atoms with Crippen LogP contribution in [0.2, 0.25) is 0 Å². The van der Waals surface area contributed by atoms with Gasteiger partial charge in [0.05, 0.1) is 24.3 Å². The van der Waals surface area contributed by atoms with Gasteiger partial charge in [-0.15, -0.1) is 0 Å². The van der Waals surface area contributed by atoms with Crippen molar-refractivity contribution in [1.29, 1.82) is 0 Å². The van der Waals surface area contributed by atoms with E-state index in [4.69, 9.17) is 18.9 Å². The fourth-order valence-electron chi connectivity index (χ4n) is 3.61. The van der Waals surface area contributed by atoms with E-state index in [0.717, 1.165) is 0 Å². The molecule has 8 heteroatoms. The third-order valence-corrected chi connectivity index (χ3v) is 5.63. The molecule has 2 atom stereocenters. The molecule has 0 radical (unpaired) electrons. The molecule has 0 amide bonds. The summed E-state index contributed by atoms with van der Waals surface area (Å²) in [7, 11) is 0. The molecule has 0 bridgehead atoms. The van der Waals surface area contributed by atoms with Crippen molar-refractivity contribution in [2.75, 3.05) is 26.4 Å². The molecule has 2 fully saturated rings. The van der Waals surface area contributed by atoms with Gasteiger partial charge in [0.1, 0.15) is 36.9 Å². The Kier molecular flexibility index (Phi) is 5.91. The van der Waals surface area contributed by atoms with Crippen LogP contribution in [-0.2, 0) is 9.47 Å². The first-order valence-electron chi connectivity index (χ1n) is 10.8. The second-order valence-electron chi connectivity index (χ2n) is 8.14. The minimum Gasteiger partial charge on any atom is -0.491 e. The molecule has 2 aliphatic rings. The van der Waals surface area contributed by atoms with Crippen molar-refractivity contribution in [1.82, 2.24) is 0 Å². The van der Waals surface area contributed by atoms with Crippen LogP contribution < -0.4 is 9.47 Å². The summed E-state index contributed by atoms with van der Waals surface area (Å²) in [5.41, 5.74) is 2.65. The molecule has 2 heterocycles. The van der Waals surface area contributed by atoms with E-state index in [1.807, 2.05) is 0 Å². The number of hydrogen-bond acceptors (Lipinski definition) is 6. The molecule has 0 aromatic heterocycles. The summed E-state index contributed by atoms with van der Waals surface area (Å²) in [6, 6.07) is 16.7. The minimum atomic E-state index is -1.05. The average Bonchev–Trinajstić information content (AvgIpc) is 3.76. The fraction of sp³-hybridized carbons (Fsp3) is 0.231. The van der Waals surface area contributed by atoms with Crippen LogP contribution in [-0.4, -0.2) is 60.8 Å². The zero-order valence-corrected chi connectivity index (χ0v) is 18.1. The molecule has 0 saturated carbocycles. The summed E-state index contributed by atoms with van der Waals surface area (Å²) >= 11 is 0. The molecule has 3 aromatic rings. The summed E-state index contributed by atoms with van der Waals surface area (Å²) in [6.45, 7) is 2.16. The molecule has 5 rings (SSSR count). The van der Waals surface area contributed by atoms with E-state index in [0.29, 0.717) is 60.2 Å². The highest BCUT2D eigenvalue weighted by molar-refractivity contribution is 5.98. The highest BCUT2D eigenvalue weighted by Gasteiger charge is 2.24. The Morgan fingerprint density at radius 3 is 1.41 bits per heavy atom. The van der Waals surface area contributed by atoms with Gasteiger partial charge < -0.3 is 29.2 Å². The number of carbonyl (C=O) groups is 2. The minimum absolute atomic E-state index is 0.0851. The van der Waals surface area contributed by atoms with E-state index >= 15 is 0 Å². The maximum Gasteiger partial charge on any atom is 0.336 e. The Bertz CT molecular complexity index is 1130. The molecule has 2 N–H and O–H groups in total. The number of carboxylic acids is 2. The van der Waals surface area contributed by atoms with Crippen LogP contribution in [0.15, 0.2) is 60.7 Å². The molecule has 0 spiro atoms. The number of hydrogen-bond donors (Lipinski definition) is 2. The van der Waals surface area contributed by atoms with Crippen molar-refractivity contribution in [2.24, 2.45) is 0 Å². The van der Waals surface area contributed by atoms with E-state index in [1.165, 1.54) is 12.1 Å². The lowest BCUT2D eigenvalue weighted by Crippen LogP contribution is -2.06. The lowest BCUT2D eigenvalue weighted by molar-refractivity contribution is 0.0686. The number of rotatable bonds is 10. The third-order valence-electron chi connectivity index (χ3n) is 5.63. The van der Waals surface area contributed by atoms with E-state index in [-0.39, 0.29) is 23.3 Å². The Balaban J connectivity index is 1.45. The van der Waals surface area contributed by atoms with E-state index in [2.05, 4.69) is 0 Å². The van der Waals surface area contributed by atoms with Crippen LogP contribution in [0.3, 0.4) is 0 Å². The topological polar surface area (TPSA) is 118 Å². The summed E-state index contributed by atoms with van der Waals surface area (Å²) in [5.74, 6) is -0.989. The summed E-state index contributed by atoms with van der Waals surface area (Å²) < 4.78 is 21.7. The van der Waals surface area contributed by atoms with E-state index in [9.17, 15) is 19.8 Å². The smallest absolute Gasteiger partial charge is 0.336 e. The predicted octanol–water partition coefficient (Wildman–Crippen LogP) is 3.97. The van der Waals surface area contributed by atoms with Crippen LogP contribution >= 0.6 is 0 Å². The number of aromatic carboxylic acids is 2. The number of carboxylic acid groups (broad SMARTS) is 2. The molecule has 2 saturated heterocycles. The van der Waals surface area contributed by atoms with Gasteiger partial charge in [0.15, 0.2) is 0 Å². The molecule has 8 nitrogen and oxygen atoms in total. The Morgan fingerprint density at radius 1 is 0.706 bits per heavy atom. The van der Waals surface area contributed by atoms with Gasteiger partial charge in [-0.25, -0.2) is 9.59 Å². The normalized spacial score (nSPS) is 18.2. The second-order valence-corrected chi connectivity index (χ2v) is 8.14. The van der Waals surface area contributed by atoms with Gasteiger partial charge >= 0.3 is 11.9 Å². The van der Waals surface area contributed by atoms with Crippen molar-refractivity contribution in [3.05, 3.63) is 71.8 Å². The van der Waals surface area contributed by atoms with Crippen molar-refractivity contribution in [3.8, 4) is 33.8 Å². The monoisotopic (exact) mass is 462 g/mol. The van der Waals surface area contributed by atoms with Crippen molar-refractivity contribution >= 4 is 11.9 Å². The quantitative estimate of drug-likeness (QED) is 0.435. The predicted molar refractivity (Wildman–Crippen MR) is 122 cm³/mol. The molecule has 3 aromatic carbocycles. The summed E-state index contributed by atoms with van der Waals surface area (Å²) in [6.07, 6.45) is 0.170. The van der Waals surface area contributed by atoms with Gasteiger partial charge in [0.2, 0.25) is 0 Å². The Hall–Kier alpha value is -3.88.